The summed E-state index contributed by atoms with van der Waals surface area (Å²) in [4.78, 5) is 0. The van der Waals surface area contributed by atoms with Gasteiger partial charge in [-0.1, -0.05) is 19.1 Å². The molecule has 86 valence electrons. The van der Waals surface area contributed by atoms with Gasteiger partial charge in [0.1, 0.15) is 5.75 Å². The van der Waals surface area contributed by atoms with Gasteiger partial charge in [0.2, 0.25) is 0 Å². The van der Waals surface area contributed by atoms with Crippen LogP contribution in [0.15, 0.2) is 12.1 Å². The number of methoxy groups -OCH3 is 1. The molecule has 0 aliphatic carbocycles. The molecule has 0 saturated carbocycles. The van der Waals surface area contributed by atoms with Gasteiger partial charge in [-0.05, 0) is 37.0 Å². The SMILES string of the molecule is CC[C@@H](N)c1cc(C)c(OC)c(C)c1.Cl. The summed E-state index contributed by atoms with van der Waals surface area (Å²) in [7, 11) is 1.70. The number of ether oxygens (including phenoxy) is 1. The number of nitrogens with two attached hydrogens (primary N) is 1. The Bertz CT molecular complexity index is 302. The lowest BCUT2D eigenvalue weighted by atomic mass is 9.99. The van der Waals surface area contributed by atoms with E-state index in [1.165, 1.54) is 5.56 Å². The number of hydrogen-bond donors (Lipinski definition) is 1. The first-order valence-electron chi connectivity index (χ1n) is 5.00. The fourth-order valence-corrected chi connectivity index (χ4v) is 1.76. The van der Waals surface area contributed by atoms with Gasteiger partial charge in [-0.15, -0.1) is 12.4 Å². The number of halogens is 1. The second-order valence-corrected chi connectivity index (χ2v) is 3.70. The Hall–Kier alpha value is -0.730. The predicted molar refractivity (Wildman–Crippen MR) is 66.9 cm³/mol. The average molecular weight is 230 g/mol. The molecule has 0 aliphatic rings. The van der Waals surface area contributed by atoms with E-state index in [-0.39, 0.29) is 18.4 Å². The van der Waals surface area contributed by atoms with Crippen molar-refractivity contribution in [3.05, 3.63) is 28.8 Å². The summed E-state index contributed by atoms with van der Waals surface area (Å²) in [5.41, 5.74) is 9.50. The molecule has 1 rings (SSSR count). The number of hydrogen-bond acceptors (Lipinski definition) is 2. The van der Waals surface area contributed by atoms with Crippen LogP contribution < -0.4 is 10.5 Å². The molecule has 0 aromatic heterocycles. The summed E-state index contributed by atoms with van der Waals surface area (Å²) >= 11 is 0. The molecule has 0 heterocycles. The van der Waals surface area contributed by atoms with Crippen LogP contribution in [0.2, 0.25) is 0 Å². The molecule has 3 heteroatoms. The minimum absolute atomic E-state index is 0. The smallest absolute Gasteiger partial charge is 0.124 e. The first kappa shape index (κ1) is 14.3. The third-order valence-electron chi connectivity index (χ3n) is 2.55. The van der Waals surface area contributed by atoms with Gasteiger partial charge >= 0.3 is 0 Å². The topological polar surface area (TPSA) is 35.2 Å². The minimum Gasteiger partial charge on any atom is -0.496 e. The maximum Gasteiger partial charge on any atom is 0.124 e. The zero-order valence-electron chi connectivity index (χ0n) is 9.83. The minimum atomic E-state index is 0. The molecule has 0 amide bonds. The predicted octanol–water partition coefficient (Wildman–Crippen LogP) is 3.14. The highest BCUT2D eigenvalue weighted by Crippen LogP contribution is 2.27. The Kier molecular flexibility index (Phi) is 5.69. The van der Waals surface area contributed by atoms with Gasteiger partial charge in [0.15, 0.2) is 0 Å². The van der Waals surface area contributed by atoms with Crippen molar-refractivity contribution in [1.29, 1.82) is 0 Å². The molecule has 0 aliphatic heterocycles. The molecule has 0 radical (unpaired) electrons. The van der Waals surface area contributed by atoms with Crippen molar-refractivity contribution in [3.63, 3.8) is 0 Å². The van der Waals surface area contributed by atoms with Crippen LogP contribution in [0.25, 0.3) is 0 Å². The van der Waals surface area contributed by atoms with Crippen LogP contribution in [0.1, 0.15) is 36.1 Å². The fourth-order valence-electron chi connectivity index (χ4n) is 1.76. The Labute approximate surface area is 98.2 Å². The van der Waals surface area contributed by atoms with E-state index < -0.39 is 0 Å². The van der Waals surface area contributed by atoms with E-state index in [4.69, 9.17) is 10.5 Å². The van der Waals surface area contributed by atoms with Crippen molar-refractivity contribution in [3.8, 4) is 5.75 Å². The maximum atomic E-state index is 5.98. The Balaban J connectivity index is 0.00000196. The first-order valence-corrected chi connectivity index (χ1v) is 5.00. The highest BCUT2D eigenvalue weighted by atomic mass is 35.5. The van der Waals surface area contributed by atoms with Crippen molar-refractivity contribution >= 4 is 12.4 Å². The summed E-state index contributed by atoms with van der Waals surface area (Å²) in [6.45, 7) is 6.20. The van der Waals surface area contributed by atoms with Crippen molar-refractivity contribution in [2.75, 3.05) is 7.11 Å². The van der Waals surface area contributed by atoms with Crippen LogP contribution in [-0.2, 0) is 0 Å². The number of aryl methyl sites for hydroxylation is 2. The molecule has 0 bridgehead atoms. The van der Waals surface area contributed by atoms with E-state index in [0.717, 1.165) is 23.3 Å². The molecule has 15 heavy (non-hydrogen) atoms. The molecule has 0 saturated heterocycles. The van der Waals surface area contributed by atoms with Gasteiger partial charge in [0.05, 0.1) is 7.11 Å². The lowest BCUT2D eigenvalue weighted by molar-refractivity contribution is 0.408. The highest BCUT2D eigenvalue weighted by Gasteiger charge is 2.09. The van der Waals surface area contributed by atoms with E-state index in [0.29, 0.717) is 0 Å². The average Bonchev–Trinajstić information content (AvgIpc) is 2.16. The second-order valence-electron chi connectivity index (χ2n) is 3.70. The molecule has 0 unspecified atom stereocenters. The molecule has 1 aromatic rings. The fraction of sp³-hybridized carbons (Fsp3) is 0.500. The first-order chi connectivity index (χ1) is 6.60. The summed E-state index contributed by atoms with van der Waals surface area (Å²) in [5.74, 6) is 0.969. The van der Waals surface area contributed by atoms with Crippen LogP contribution in [-0.4, -0.2) is 7.11 Å². The van der Waals surface area contributed by atoms with Gasteiger partial charge in [-0.25, -0.2) is 0 Å². The summed E-state index contributed by atoms with van der Waals surface area (Å²) in [5, 5.41) is 0. The highest BCUT2D eigenvalue weighted by molar-refractivity contribution is 5.85. The monoisotopic (exact) mass is 229 g/mol. The van der Waals surface area contributed by atoms with E-state index in [1.807, 2.05) is 0 Å². The Morgan fingerprint density at radius 2 is 1.73 bits per heavy atom. The van der Waals surface area contributed by atoms with Gasteiger partial charge in [0, 0.05) is 6.04 Å². The summed E-state index contributed by atoms with van der Waals surface area (Å²) in [6.07, 6.45) is 0.964. The lowest BCUT2D eigenvalue weighted by Gasteiger charge is -2.14. The van der Waals surface area contributed by atoms with Crippen molar-refractivity contribution in [1.82, 2.24) is 0 Å². The quantitative estimate of drug-likeness (QED) is 0.864. The van der Waals surface area contributed by atoms with Crippen molar-refractivity contribution in [2.45, 2.75) is 33.2 Å². The third-order valence-corrected chi connectivity index (χ3v) is 2.55. The van der Waals surface area contributed by atoms with Gasteiger partial charge in [0.25, 0.3) is 0 Å². The zero-order chi connectivity index (χ0) is 10.7. The summed E-state index contributed by atoms with van der Waals surface area (Å²) in [6, 6.07) is 4.36. The molecule has 2 N–H and O–H groups in total. The number of rotatable bonds is 3. The lowest BCUT2D eigenvalue weighted by Crippen LogP contribution is -2.09. The van der Waals surface area contributed by atoms with Crippen LogP contribution in [0.5, 0.6) is 5.75 Å². The van der Waals surface area contributed by atoms with Crippen LogP contribution in [0.3, 0.4) is 0 Å². The zero-order valence-corrected chi connectivity index (χ0v) is 10.6. The molecule has 0 fully saturated rings. The Morgan fingerprint density at radius 1 is 1.27 bits per heavy atom. The molecule has 2 nitrogen and oxygen atoms in total. The molecule has 1 atom stereocenters. The van der Waals surface area contributed by atoms with Crippen LogP contribution >= 0.6 is 12.4 Å². The van der Waals surface area contributed by atoms with Gasteiger partial charge in [-0.2, -0.15) is 0 Å². The molecule has 1 aromatic carbocycles. The van der Waals surface area contributed by atoms with Gasteiger partial charge < -0.3 is 10.5 Å². The molecular weight excluding hydrogens is 210 g/mol. The van der Waals surface area contributed by atoms with Crippen LogP contribution in [0.4, 0.5) is 0 Å². The third kappa shape index (κ3) is 3.11. The largest absolute Gasteiger partial charge is 0.496 e. The second kappa shape index (κ2) is 5.99. The van der Waals surface area contributed by atoms with E-state index in [2.05, 4.69) is 32.9 Å². The normalized spacial score (nSPS) is 11.8. The van der Waals surface area contributed by atoms with E-state index >= 15 is 0 Å². The van der Waals surface area contributed by atoms with E-state index in [9.17, 15) is 0 Å². The maximum absolute atomic E-state index is 5.98. The molecule has 0 spiro atoms. The standard InChI is InChI=1S/C12H19NO.ClH/c1-5-11(13)10-6-8(2)12(14-4)9(3)7-10;/h6-7,11H,5,13H2,1-4H3;1H/t11-;/m1./s1. The van der Waals surface area contributed by atoms with E-state index in [1.54, 1.807) is 7.11 Å². The van der Waals surface area contributed by atoms with Gasteiger partial charge in [-0.3, -0.25) is 0 Å². The Morgan fingerprint density at radius 3 is 2.07 bits per heavy atom. The number of benzene rings is 1. The van der Waals surface area contributed by atoms with Crippen molar-refractivity contribution < 1.29 is 4.74 Å². The summed E-state index contributed by atoms with van der Waals surface area (Å²) < 4.78 is 5.30. The van der Waals surface area contributed by atoms with Crippen LogP contribution in [0, 0.1) is 13.8 Å². The molecular formula is C12H20ClNO. The van der Waals surface area contributed by atoms with Crippen molar-refractivity contribution in [2.24, 2.45) is 5.73 Å².